The molecule has 8 atom stereocenters. The molecule has 1 N–H and O–H groups in total. The van der Waals surface area contributed by atoms with Crippen LogP contribution in [-0.4, -0.2) is 21.4 Å². The first-order valence-electron chi connectivity index (χ1n) is 12.2. The summed E-state index contributed by atoms with van der Waals surface area (Å²) in [7, 11) is 0. The van der Waals surface area contributed by atoms with E-state index in [1.165, 1.54) is 44.9 Å². The number of rotatable bonds is 4. The van der Waals surface area contributed by atoms with Crippen LogP contribution in [0.3, 0.4) is 0 Å². The molecule has 0 bridgehead atoms. The molecule has 0 saturated heterocycles. The van der Waals surface area contributed by atoms with Gasteiger partial charge in [0, 0.05) is 6.20 Å². The number of aromatic nitrogens is 2. The van der Waals surface area contributed by atoms with Crippen molar-refractivity contribution in [1.29, 1.82) is 0 Å². The van der Waals surface area contributed by atoms with Crippen molar-refractivity contribution in [3.05, 3.63) is 35.7 Å². The minimum absolute atomic E-state index is 0.0751. The van der Waals surface area contributed by atoms with Gasteiger partial charge in [0.2, 0.25) is 0 Å². The molecule has 8 unspecified atom stereocenters. The maximum Gasteiger partial charge on any atom is 0.0631 e. The number of aliphatic hydroxyl groups is 1. The average Bonchev–Trinajstić information content (AvgIpc) is 3.09. The number of fused-ring (bicyclic) bond motifs is 5. The Kier molecular flexibility index (Phi) is 5.30. The van der Waals surface area contributed by atoms with E-state index in [0.29, 0.717) is 5.41 Å². The van der Waals surface area contributed by atoms with Crippen molar-refractivity contribution >= 4 is 0 Å². The molecule has 0 amide bonds. The molecule has 0 spiro atoms. The Hall–Kier alpha value is -1.22. The second-order valence-corrected chi connectivity index (χ2v) is 11.0. The Bertz CT molecular complexity index is 746. The van der Waals surface area contributed by atoms with E-state index in [4.69, 9.17) is 0 Å². The van der Waals surface area contributed by atoms with Crippen LogP contribution in [0.25, 0.3) is 0 Å². The molecule has 1 aromatic heterocycles. The van der Waals surface area contributed by atoms with Crippen LogP contribution in [0.5, 0.6) is 0 Å². The van der Waals surface area contributed by atoms with Gasteiger partial charge in [0.05, 0.1) is 11.8 Å². The summed E-state index contributed by atoms with van der Waals surface area (Å²) in [5, 5.41) is 18.5. The molecule has 0 aromatic carbocycles. The number of hydrogen-bond donors (Lipinski definition) is 1. The van der Waals surface area contributed by atoms with Gasteiger partial charge in [-0.1, -0.05) is 25.5 Å². The third-order valence-corrected chi connectivity index (χ3v) is 9.66. The highest BCUT2D eigenvalue weighted by molar-refractivity contribution is 5.20. The number of aryl methyl sites for hydroxylation is 1. The van der Waals surface area contributed by atoms with Crippen LogP contribution in [0.15, 0.2) is 30.0 Å². The highest BCUT2D eigenvalue weighted by Gasteiger charge is 2.56. The molecule has 3 heteroatoms. The highest BCUT2D eigenvalue weighted by atomic mass is 16.3. The summed E-state index contributed by atoms with van der Waals surface area (Å²) in [6.07, 6.45) is 16.8. The molecule has 3 fully saturated rings. The van der Waals surface area contributed by atoms with Crippen LogP contribution in [0, 0.1) is 40.9 Å². The molecule has 3 nitrogen and oxygen atoms in total. The summed E-state index contributed by atoms with van der Waals surface area (Å²) in [5.41, 5.74) is 3.29. The highest BCUT2D eigenvalue weighted by Crippen LogP contribution is 2.64. The fourth-order valence-electron chi connectivity index (χ4n) is 8.27. The molecule has 4 aliphatic carbocycles. The van der Waals surface area contributed by atoms with Crippen molar-refractivity contribution < 1.29 is 5.11 Å². The Labute approximate surface area is 176 Å². The molecule has 1 heterocycles. The van der Waals surface area contributed by atoms with Crippen molar-refractivity contribution in [3.8, 4) is 0 Å². The summed E-state index contributed by atoms with van der Waals surface area (Å²) >= 11 is 0. The first-order valence-corrected chi connectivity index (χ1v) is 12.2. The van der Waals surface area contributed by atoms with Crippen molar-refractivity contribution in [2.24, 2.45) is 40.9 Å². The Morgan fingerprint density at radius 2 is 2.07 bits per heavy atom. The van der Waals surface area contributed by atoms with E-state index in [1.807, 2.05) is 6.07 Å². The molecule has 158 valence electrons. The van der Waals surface area contributed by atoms with E-state index in [2.05, 4.69) is 36.2 Å². The lowest BCUT2D eigenvalue weighted by Crippen LogP contribution is -2.47. The quantitative estimate of drug-likeness (QED) is 0.677. The van der Waals surface area contributed by atoms with Crippen LogP contribution in [0.4, 0.5) is 0 Å². The maximum atomic E-state index is 10.1. The van der Waals surface area contributed by atoms with Crippen molar-refractivity contribution in [3.63, 3.8) is 0 Å². The van der Waals surface area contributed by atoms with Crippen LogP contribution in [0.1, 0.15) is 77.3 Å². The minimum Gasteiger partial charge on any atom is -0.393 e. The predicted molar refractivity (Wildman–Crippen MR) is 116 cm³/mol. The monoisotopic (exact) mass is 394 g/mol. The van der Waals surface area contributed by atoms with Gasteiger partial charge < -0.3 is 5.11 Å². The van der Waals surface area contributed by atoms with E-state index in [0.717, 1.165) is 60.5 Å². The molecule has 3 saturated carbocycles. The van der Waals surface area contributed by atoms with Gasteiger partial charge in [-0.2, -0.15) is 10.2 Å². The lowest BCUT2D eigenvalue weighted by atomic mass is 9.51. The Morgan fingerprint density at radius 1 is 1.17 bits per heavy atom. The Morgan fingerprint density at radius 3 is 2.90 bits per heavy atom. The van der Waals surface area contributed by atoms with Gasteiger partial charge in [0.1, 0.15) is 0 Å². The third-order valence-electron chi connectivity index (χ3n) is 9.66. The zero-order valence-electron chi connectivity index (χ0n) is 18.3. The van der Waals surface area contributed by atoms with Gasteiger partial charge in [-0.15, -0.1) is 0 Å². The number of hydrogen-bond acceptors (Lipinski definition) is 3. The summed E-state index contributed by atoms with van der Waals surface area (Å²) < 4.78 is 0. The average molecular weight is 395 g/mol. The zero-order chi connectivity index (χ0) is 20.0. The summed E-state index contributed by atoms with van der Waals surface area (Å²) in [6.45, 7) is 5.15. The van der Waals surface area contributed by atoms with E-state index in [9.17, 15) is 5.11 Å². The van der Waals surface area contributed by atoms with Gasteiger partial charge in [-0.05, 0) is 117 Å². The lowest BCUT2D eigenvalue weighted by Gasteiger charge is -2.54. The Balaban J connectivity index is 1.28. The smallest absolute Gasteiger partial charge is 0.0631 e. The molecule has 5 rings (SSSR count). The molecule has 1 aromatic rings. The van der Waals surface area contributed by atoms with Crippen molar-refractivity contribution in [2.75, 3.05) is 0 Å². The lowest BCUT2D eigenvalue weighted by molar-refractivity contribution is -0.0292. The maximum absolute atomic E-state index is 10.1. The third kappa shape index (κ3) is 3.48. The van der Waals surface area contributed by atoms with Crippen LogP contribution in [-0.2, 0) is 6.42 Å². The van der Waals surface area contributed by atoms with Crippen LogP contribution in [0.2, 0.25) is 0 Å². The molecule has 0 radical (unpaired) electrons. The van der Waals surface area contributed by atoms with Gasteiger partial charge >= 0.3 is 0 Å². The van der Waals surface area contributed by atoms with Crippen LogP contribution < -0.4 is 0 Å². The van der Waals surface area contributed by atoms with E-state index in [-0.39, 0.29) is 6.10 Å². The van der Waals surface area contributed by atoms with Gasteiger partial charge in [0.15, 0.2) is 0 Å². The van der Waals surface area contributed by atoms with Gasteiger partial charge in [-0.3, -0.25) is 0 Å². The predicted octanol–water partition coefficient (Wildman–Crippen LogP) is 5.60. The molecule has 0 aliphatic heterocycles. The summed E-state index contributed by atoms with van der Waals surface area (Å²) in [4.78, 5) is 0. The normalized spacial score (nSPS) is 42.4. The van der Waals surface area contributed by atoms with Gasteiger partial charge in [-0.25, -0.2) is 0 Å². The second kappa shape index (κ2) is 7.80. The van der Waals surface area contributed by atoms with E-state index >= 15 is 0 Å². The molecule has 4 aliphatic rings. The largest absolute Gasteiger partial charge is 0.393 e. The molecule has 29 heavy (non-hydrogen) atoms. The molecular weight excluding hydrogens is 356 g/mol. The number of nitrogens with zero attached hydrogens (tertiary/aromatic N) is 2. The molecular formula is C26H38N2O. The SMILES string of the molecule is CC(CCc1cccnn1)C1CCC2C3CC=C4CC(O)CCC4C3CCC12C. The fraction of sp³-hybridized carbons (Fsp3) is 0.769. The van der Waals surface area contributed by atoms with Crippen molar-refractivity contribution in [1.82, 2.24) is 10.2 Å². The van der Waals surface area contributed by atoms with Gasteiger partial charge in [0.25, 0.3) is 0 Å². The zero-order valence-corrected chi connectivity index (χ0v) is 18.3. The topological polar surface area (TPSA) is 46.0 Å². The second-order valence-electron chi connectivity index (χ2n) is 11.0. The number of aliphatic hydroxyl groups excluding tert-OH is 1. The minimum atomic E-state index is -0.0751. The standard InChI is InChI=1S/C26H38N2O/c1-17(5-7-19-4-3-15-27-28-19)24-11-12-25-23-9-6-18-16-20(29)8-10-21(18)22(23)13-14-26(24,25)2/h3-4,6,15,17,20-25,29H,5,7-14,16H2,1-2H3. The first kappa shape index (κ1) is 19.7. The van der Waals surface area contributed by atoms with Crippen molar-refractivity contribution in [2.45, 2.75) is 84.2 Å². The first-order chi connectivity index (χ1) is 14.1. The van der Waals surface area contributed by atoms with E-state index in [1.54, 1.807) is 11.8 Å². The summed E-state index contributed by atoms with van der Waals surface area (Å²) in [5.74, 6) is 5.13. The van der Waals surface area contributed by atoms with Crippen LogP contribution >= 0.6 is 0 Å². The van der Waals surface area contributed by atoms with E-state index < -0.39 is 0 Å². The number of allylic oxidation sites excluding steroid dienone is 1. The fourth-order valence-corrected chi connectivity index (χ4v) is 8.27. The summed E-state index contributed by atoms with van der Waals surface area (Å²) in [6, 6.07) is 4.13.